The minimum Gasteiger partial charge on any atom is -0.396 e. The van der Waals surface area contributed by atoms with Crippen LogP contribution in [0.5, 0.6) is 0 Å². The molecule has 0 aliphatic rings. The molecule has 0 saturated carbocycles. The summed E-state index contributed by atoms with van der Waals surface area (Å²) in [4.78, 5) is 0. The van der Waals surface area contributed by atoms with Crippen LogP contribution in [-0.4, -0.2) is 11.7 Å². The van der Waals surface area contributed by atoms with Crippen LogP contribution in [0.3, 0.4) is 0 Å². The Morgan fingerprint density at radius 3 is 2.27 bits per heavy atom. The molecule has 3 N–H and O–H groups in total. The topological polar surface area (TPSA) is 46.2 Å². The van der Waals surface area contributed by atoms with Crippen molar-refractivity contribution in [1.82, 2.24) is 0 Å². The summed E-state index contributed by atoms with van der Waals surface area (Å²) in [5, 5.41) is 8.53. The van der Waals surface area contributed by atoms with Gasteiger partial charge in [-0.1, -0.05) is 0 Å². The van der Waals surface area contributed by atoms with Crippen LogP contribution in [0.25, 0.3) is 0 Å². The van der Waals surface area contributed by atoms with Crippen molar-refractivity contribution in [3.63, 3.8) is 0 Å². The van der Waals surface area contributed by atoms with Crippen molar-refractivity contribution in [2.45, 2.75) is 12.5 Å². The Hall–Kier alpha value is -0.780. The van der Waals surface area contributed by atoms with Gasteiger partial charge in [0.25, 0.3) is 0 Å². The van der Waals surface area contributed by atoms with Gasteiger partial charge in [-0.25, -0.2) is 13.2 Å². The Kier molecular flexibility index (Phi) is 5.64. The lowest BCUT2D eigenvalue weighted by Crippen LogP contribution is -2.16. The van der Waals surface area contributed by atoms with E-state index in [9.17, 15) is 13.2 Å². The molecule has 6 heteroatoms. The summed E-state index contributed by atoms with van der Waals surface area (Å²) in [5.74, 6) is -3.33. The molecule has 86 valence electrons. The third kappa shape index (κ3) is 3.09. The highest BCUT2D eigenvalue weighted by molar-refractivity contribution is 5.85. The molecule has 1 rings (SSSR count). The Balaban J connectivity index is 0.00000196. The lowest BCUT2D eigenvalue weighted by atomic mass is 10.0. The van der Waals surface area contributed by atoms with E-state index in [4.69, 9.17) is 10.8 Å². The predicted molar refractivity (Wildman–Crippen MR) is 52.2 cm³/mol. The highest BCUT2D eigenvalue weighted by atomic mass is 35.5. The summed E-state index contributed by atoms with van der Waals surface area (Å²) in [5.41, 5.74) is 4.85. The Labute approximate surface area is 91.3 Å². The van der Waals surface area contributed by atoms with Crippen molar-refractivity contribution >= 4 is 12.4 Å². The van der Waals surface area contributed by atoms with E-state index in [0.29, 0.717) is 6.07 Å². The van der Waals surface area contributed by atoms with Crippen LogP contribution in [0.2, 0.25) is 0 Å². The largest absolute Gasteiger partial charge is 0.396 e. The Bertz CT molecular complexity index is 335. The highest BCUT2D eigenvalue weighted by Crippen LogP contribution is 2.22. The van der Waals surface area contributed by atoms with Gasteiger partial charge in [0.1, 0.15) is 5.82 Å². The first kappa shape index (κ1) is 14.2. The predicted octanol–water partition coefficient (Wildman–Crippen LogP) is 1.91. The summed E-state index contributed by atoms with van der Waals surface area (Å²) in [6.45, 7) is -0.309. The second-order valence-electron chi connectivity index (χ2n) is 2.88. The Morgan fingerprint density at radius 2 is 1.73 bits per heavy atom. The molecule has 1 aromatic carbocycles. The van der Waals surface area contributed by atoms with Crippen molar-refractivity contribution in [3.8, 4) is 0 Å². The third-order valence-electron chi connectivity index (χ3n) is 1.89. The van der Waals surface area contributed by atoms with E-state index < -0.39 is 29.1 Å². The van der Waals surface area contributed by atoms with Gasteiger partial charge >= 0.3 is 0 Å². The van der Waals surface area contributed by atoms with E-state index in [2.05, 4.69) is 0 Å². The van der Waals surface area contributed by atoms with Crippen molar-refractivity contribution in [3.05, 3.63) is 35.1 Å². The van der Waals surface area contributed by atoms with Crippen LogP contribution in [0, 0.1) is 17.5 Å². The zero-order valence-corrected chi connectivity index (χ0v) is 8.53. The second-order valence-corrected chi connectivity index (χ2v) is 2.88. The Morgan fingerprint density at radius 1 is 1.20 bits per heavy atom. The van der Waals surface area contributed by atoms with Gasteiger partial charge in [-0.05, 0) is 18.6 Å². The average Bonchev–Trinajstić information content (AvgIpc) is 2.13. The maximum Gasteiger partial charge on any atom is 0.166 e. The fraction of sp³-hybridized carbons (Fsp3) is 0.333. The van der Waals surface area contributed by atoms with Crippen molar-refractivity contribution in [1.29, 1.82) is 0 Å². The number of aliphatic hydroxyl groups is 1. The molecule has 0 aromatic heterocycles. The van der Waals surface area contributed by atoms with Gasteiger partial charge in [0, 0.05) is 18.2 Å². The molecular formula is C9H11ClF3NO. The zero-order chi connectivity index (χ0) is 10.7. The smallest absolute Gasteiger partial charge is 0.166 e. The molecule has 0 saturated heterocycles. The van der Waals surface area contributed by atoms with Gasteiger partial charge in [0.15, 0.2) is 11.6 Å². The number of hydrogen-bond donors (Lipinski definition) is 2. The summed E-state index contributed by atoms with van der Waals surface area (Å²) >= 11 is 0. The number of hydrogen-bond acceptors (Lipinski definition) is 2. The summed E-state index contributed by atoms with van der Waals surface area (Å²) in [6, 6.07) is 0.473. The van der Waals surface area contributed by atoms with Crippen molar-refractivity contribution < 1.29 is 18.3 Å². The fourth-order valence-electron chi connectivity index (χ4n) is 1.17. The fourth-order valence-corrected chi connectivity index (χ4v) is 1.17. The normalized spacial score (nSPS) is 12.1. The third-order valence-corrected chi connectivity index (χ3v) is 1.89. The van der Waals surface area contributed by atoms with E-state index >= 15 is 0 Å². The average molecular weight is 242 g/mol. The molecule has 0 amide bonds. The molecule has 1 atom stereocenters. The zero-order valence-electron chi connectivity index (χ0n) is 7.71. The standard InChI is InChI=1S/C9H10F3NO.ClH/c10-5-1-2-6(11)9(12)8(5)7(13)3-4-14;/h1-2,7,14H,3-4,13H2;1H/t7-;/m1./s1. The molecule has 0 unspecified atom stereocenters. The molecule has 15 heavy (non-hydrogen) atoms. The van der Waals surface area contributed by atoms with Crippen molar-refractivity contribution in [2.75, 3.05) is 6.61 Å². The van der Waals surface area contributed by atoms with Crippen LogP contribution in [0.1, 0.15) is 18.0 Å². The minimum absolute atomic E-state index is 0. The van der Waals surface area contributed by atoms with E-state index in [1.54, 1.807) is 0 Å². The van der Waals surface area contributed by atoms with Gasteiger partial charge in [0.2, 0.25) is 0 Å². The SMILES string of the molecule is Cl.N[C@H](CCO)c1c(F)ccc(F)c1F. The second kappa shape index (κ2) is 5.95. The van der Waals surface area contributed by atoms with Crippen LogP contribution < -0.4 is 5.73 Å². The van der Waals surface area contributed by atoms with Gasteiger partial charge in [-0.15, -0.1) is 12.4 Å². The first-order valence-electron chi connectivity index (χ1n) is 4.07. The maximum atomic E-state index is 13.1. The van der Waals surface area contributed by atoms with E-state index in [1.807, 2.05) is 0 Å². The molecule has 0 fully saturated rings. The molecule has 0 bridgehead atoms. The quantitative estimate of drug-likeness (QED) is 0.794. The first-order valence-corrected chi connectivity index (χ1v) is 4.07. The van der Waals surface area contributed by atoms with Gasteiger partial charge in [-0.3, -0.25) is 0 Å². The van der Waals surface area contributed by atoms with E-state index in [1.165, 1.54) is 0 Å². The summed E-state index contributed by atoms with van der Waals surface area (Å²) in [7, 11) is 0. The lowest BCUT2D eigenvalue weighted by molar-refractivity contribution is 0.273. The number of halogens is 4. The number of rotatable bonds is 3. The number of aliphatic hydroxyl groups excluding tert-OH is 1. The number of nitrogens with two attached hydrogens (primary N) is 1. The van der Waals surface area contributed by atoms with Crippen LogP contribution in [0.4, 0.5) is 13.2 Å². The van der Waals surface area contributed by atoms with Crippen LogP contribution >= 0.6 is 12.4 Å². The lowest BCUT2D eigenvalue weighted by Gasteiger charge is -2.12. The minimum atomic E-state index is -1.29. The van der Waals surface area contributed by atoms with E-state index in [-0.39, 0.29) is 25.4 Å². The summed E-state index contributed by atoms with van der Waals surface area (Å²) in [6.07, 6.45) is -0.0166. The van der Waals surface area contributed by atoms with Crippen molar-refractivity contribution in [2.24, 2.45) is 5.73 Å². The number of benzene rings is 1. The van der Waals surface area contributed by atoms with Crippen LogP contribution in [-0.2, 0) is 0 Å². The highest BCUT2D eigenvalue weighted by Gasteiger charge is 2.19. The van der Waals surface area contributed by atoms with Crippen LogP contribution in [0.15, 0.2) is 12.1 Å². The molecule has 0 aliphatic heterocycles. The molecule has 0 radical (unpaired) electrons. The molecule has 0 spiro atoms. The maximum absolute atomic E-state index is 13.1. The molecule has 0 aliphatic carbocycles. The van der Waals surface area contributed by atoms with Gasteiger partial charge in [-0.2, -0.15) is 0 Å². The monoisotopic (exact) mass is 241 g/mol. The molecule has 0 heterocycles. The summed E-state index contributed by atoms with van der Waals surface area (Å²) < 4.78 is 38.8. The van der Waals surface area contributed by atoms with E-state index in [0.717, 1.165) is 6.07 Å². The molecule has 1 aromatic rings. The van der Waals surface area contributed by atoms with Gasteiger partial charge in [0.05, 0.1) is 0 Å². The first-order chi connectivity index (χ1) is 6.57. The molecular weight excluding hydrogens is 231 g/mol. The molecule has 2 nitrogen and oxygen atoms in total. The van der Waals surface area contributed by atoms with Gasteiger partial charge < -0.3 is 10.8 Å².